The van der Waals surface area contributed by atoms with Gasteiger partial charge in [-0.1, -0.05) is 0 Å². The highest BCUT2D eigenvalue weighted by molar-refractivity contribution is 5.77. The SMILES string of the molecule is NC(N)=NCCCC(N)C(=O)O.NC(N)=NCCCC(NC(=O)[O-])C(=O)[O-].NC(N)=NCCCC([NH3+])C(=O)[O-].O=C=O. The first-order valence-corrected chi connectivity index (χ1v) is 11.8. The number of amides is 1. The van der Waals surface area contributed by atoms with Crippen LogP contribution in [0.5, 0.6) is 0 Å². The summed E-state index contributed by atoms with van der Waals surface area (Å²) in [6.07, 6.45) is 0.923. The number of aliphatic imine (C=N–C) groups is 3. The van der Waals surface area contributed by atoms with Gasteiger partial charge < -0.3 is 86.0 Å². The molecule has 0 aliphatic carbocycles. The number of rotatable bonds is 16. The summed E-state index contributed by atoms with van der Waals surface area (Å²) in [5, 5.41) is 40.7. The number of nitrogens with one attached hydrogen (secondary N) is 1. The Morgan fingerprint density at radius 3 is 1.38 bits per heavy atom. The maximum Gasteiger partial charge on any atom is 0.373 e. The van der Waals surface area contributed by atoms with Crippen LogP contribution in [-0.4, -0.2) is 90.9 Å². The van der Waals surface area contributed by atoms with Crippen LogP contribution in [0.1, 0.15) is 38.5 Å². The van der Waals surface area contributed by atoms with Crippen LogP contribution in [0, 0.1) is 0 Å². The van der Waals surface area contributed by atoms with Crippen LogP contribution in [0.15, 0.2) is 15.0 Å². The van der Waals surface area contributed by atoms with E-state index >= 15 is 0 Å². The quantitative estimate of drug-likeness (QED) is 0.0441. The van der Waals surface area contributed by atoms with Crippen LogP contribution in [0.25, 0.3) is 0 Å². The summed E-state index contributed by atoms with van der Waals surface area (Å²) in [5.41, 5.74) is 38.9. The lowest BCUT2D eigenvalue weighted by molar-refractivity contribution is -0.438. The van der Waals surface area contributed by atoms with Crippen LogP contribution >= 0.6 is 0 Å². The van der Waals surface area contributed by atoms with Crippen molar-refractivity contribution in [3.63, 3.8) is 0 Å². The van der Waals surface area contributed by atoms with Crippen LogP contribution in [0.3, 0.4) is 0 Å². The molecular weight excluding hydrogens is 568 g/mol. The van der Waals surface area contributed by atoms with E-state index in [2.05, 4.69) is 20.7 Å². The molecule has 3 atom stereocenters. The van der Waals surface area contributed by atoms with E-state index in [0.717, 1.165) is 0 Å². The molecular formula is C20H40N12O10-2. The molecule has 0 saturated heterocycles. The molecule has 0 aromatic rings. The Morgan fingerprint density at radius 1 is 0.738 bits per heavy atom. The molecule has 19 N–H and O–H groups in total. The maximum atomic E-state index is 10.4. The molecule has 0 rings (SSSR count). The number of nitrogens with two attached hydrogens (primary N) is 7. The number of quaternary nitrogens is 1. The molecule has 1 amide bonds. The Bertz CT molecular complexity index is 872. The van der Waals surface area contributed by atoms with Gasteiger partial charge >= 0.3 is 12.1 Å². The normalized spacial score (nSPS) is 11.2. The molecule has 3 unspecified atom stereocenters. The van der Waals surface area contributed by atoms with Crippen LogP contribution < -0.4 is 66.5 Å². The standard InChI is InChI=1S/C7H14N4O4.2C6H14N4O2.CO2/c8-6(9)10-3-1-2-4(5(12)13)11-7(14)15;2*7-4(5(11)12)2-1-3-10-6(8)9;2-1-3/h4,11H,1-3H2,(H,12,13)(H,14,15)(H4,8,9,10);2*4H,1-3,7H2,(H,11,12)(H4,8,9,10);/p-2. The van der Waals surface area contributed by atoms with Gasteiger partial charge in [-0.25, -0.2) is 0 Å². The van der Waals surface area contributed by atoms with Gasteiger partial charge in [0.15, 0.2) is 17.9 Å². The highest BCUT2D eigenvalue weighted by atomic mass is 16.4. The molecule has 0 heterocycles. The van der Waals surface area contributed by atoms with Gasteiger partial charge in [0, 0.05) is 26.1 Å². The molecule has 42 heavy (non-hydrogen) atoms. The topological polar surface area (TPSA) is 451 Å². The number of hydrogen-bond donors (Lipinski definition) is 10. The number of aliphatic carboxylic acids is 3. The summed E-state index contributed by atoms with van der Waals surface area (Å²) < 4.78 is 0. The minimum absolute atomic E-state index is 0.0129. The second-order valence-corrected chi connectivity index (χ2v) is 7.69. The van der Waals surface area contributed by atoms with Gasteiger partial charge in [0.05, 0.1) is 18.0 Å². The van der Waals surface area contributed by atoms with Gasteiger partial charge in [-0.2, -0.15) is 9.59 Å². The monoisotopic (exact) mass is 608 g/mol. The molecule has 0 radical (unpaired) electrons. The van der Waals surface area contributed by atoms with Crippen molar-refractivity contribution in [3.05, 3.63) is 0 Å². The van der Waals surface area contributed by atoms with Crippen molar-refractivity contribution in [1.29, 1.82) is 0 Å². The molecule has 0 aliphatic rings. The number of carboxylic acid groups (broad SMARTS) is 4. The number of guanidine groups is 3. The second-order valence-electron chi connectivity index (χ2n) is 7.69. The fraction of sp³-hybridized carbons (Fsp3) is 0.600. The van der Waals surface area contributed by atoms with Crippen molar-refractivity contribution in [3.8, 4) is 0 Å². The van der Waals surface area contributed by atoms with E-state index in [4.69, 9.17) is 54.8 Å². The lowest BCUT2D eigenvalue weighted by Gasteiger charge is -2.20. The minimum atomic E-state index is -1.66. The van der Waals surface area contributed by atoms with Crippen molar-refractivity contribution in [2.45, 2.75) is 56.7 Å². The minimum Gasteiger partial charge on any atom is -0.548 e. The third-order valence-electron chi connectivity index (χ3n) is 4.15. The summed E-state index contributed by atoms with van der Waals surface area (Å²) in [7, 11) is 0. The Hall–Kier alpha value is -5.21. The van der Waals surface area contributed by atoms with Crippen LogP contribution in [0.2, 0.25) is 0 Å². The summed E-state index contributed by atoms with van der Waals surface area (Å²) in [6, 6.07) is -2.80. The van der Waals surface area contributed by atoms with E-state index in [1.807, 2.05) is 0 Å². The third-order valence-corrected chi connectivity index (χ3v) is 4.15. The number of carbonyl (C=O) groups is 4. The first kappa shape index (κ1) is 43.8. The van der Waals surface area contributed by atoms with Crippen LogP contribution in [0.4, 0.5) is 4.79 Å². The van der Waals surface area contributed by atoms with E-state index in [1.54, 1.807) is 5.32 Å². The Labute approximate surface area is 240 Å². The van der Waals surface area contributed by atoms with Crippen molar-refractivity contribution in [2.24, 2.45) is 55.1 Å². The molecule has 0 fully saturated rings. The predicted molar refractivity (Wildman–Crippen MR) is 139 cm³/mol. The molecule has 0 bridgehead atoms. The van der Waals surface area contributed by atoms with Crippen molar-refractivity contribution < 1.29 is 54.9 Å². The predicted octanol–water partition coefficient (Wildman–Crippen LogP) is -9.64. The van der Waals surface area contributed by atoms with Crippen molar-refractivity contribution >= 4 is 48.0 Å². The zero-order valence-corrected chi connectivity index (χ0v) is 22.8. The molecule has 0 aliphatic heterocycles. The number of hydrogen-bond acceptors (Lipinski definition) is 13. The van der Waals surface area contributed by atoms with Gasteiger partial charge in [0.25, 0.3) is 0 Å². The number of carboxylic acids is 3. The Balaban J connectivity index is -0.000000248. The van der Waals surface area contributed by atoms with Gasteiger partial charge in [-0.15, -0.1) is 0 Å². The Morgan fingerprint density at radius 2 is 1.10 bits per heavy atom. The summed E-state index contributed by atoms with van der Waals surface area (Å²) in [5.74, 6) is -3.72. The highest BCUT2D eigenvalue weighted by Gasteiger charge is 2.10. The lowest BCUT2D eigenvalue weighted by Crippen LogP contribution is -2.68. The van der Waals surface area contributed by atoms with Crippen molar-refractivity contribution in [1.82, 2.24) is 5.32 Å². The number of nitrogens with zero attached hydrogens (tertiary/aromatic N) is 3. The second kappa shape index (κ2) is 28.8. The van der Waals surface area contributed by atoms with Gasteiger partial charge in [-0.3, -0.25) is 19.8 Å². The molecule has 0 spiro atoms. The summed E-state index contributed by atoms with van der Waals surface area (Å²) in [6.45, 7) is 1.08. The molecule has 242 valence electrons. The smallest absolute Gasteiger partial charge is 0.373 e. The first-order chi connectivity index (χ1) is 19.4. The Kier molecular flexibility index (Phi) is 30.0. The van der Waals surface area contributed by atoms with E-state index in [9.17, 15) is 34.5 Å². The van der Waals surface area contributed by atoms with E-state index in [0.29, 0.717) is 45.2 Å². The van der Waals surface area contributed by atoms with Crippen LogP contribution in [-0.2, 0) is 24.0 Å². The average Bonchev–Trinajstić information content (AvgIpc) is 2.86. The summed E-state index contributed by atoms with van der Waals surface area (Å²) in [4.78, 5) is 68.1. The zero-order valence-electron chi connectivity index (χ0n) is 22.8. The van der Waals surface area contributed by atoms with Gasteiger partial charge in [0.2, 0.25) is 0 Å². The van der Waals surface area contributed by atoms with E-state index < -0.39 is 42.1 Å². The lowest BCUT2D eigenvalue weighted by atomic mass is 10.1. The average molecular weight is 609 g/mol. The van der Waals surface area contributed by atoms with Gasteiger partial charge in [-0.05, 0) is 32.1 Å². The molecule has 22 heteroatoms. The molecule has 0 aromatic heterocycles. The van der Waals surface area contributed by atoms with Gasteiger partial charge in [0.1, 0.15) is 18.2 Å². The zero-order chi connectivity index (χ0) is 33.7. The third kappa shape index (κ3) is 39.3. The largest absolute Gasteiger partial charge is 0.548 e. The molecule has 0 aromatic carbocycles. The van der Waals surface area contributed by atoms with Crippen molar-refractivity contribution in [2.75, 3.05) is 19.6 Å². The first-order valence-electron chi connectivity index (χ1n) is 11.8. The molecule has 22 nitrogen and oxygen atoms in total. The fourth-order valence-corrected chi connectivity index (χ4v) is 2.20. The fourth-order valence-electron chi connectivity index (χ4n) is 2.20. The van der Waals surface area contributed by atoms with E-state index in [-0.39, 0.29) is 37.0 Å². The summed E-state index contributed by atoms with van der Waals surface area (Å²) >= 11 is 0. The maximum absolute atomic E-state index is 10.4. The highest BCUT2D eigenvalue weighted by Crippen LogP contribution is 1.97. The number of carbonyl (C=O) groups excluding carboxylic acids is 5. The molecule has 0 saturated carbocycles. The van der Waals surface area contributed by atoms with E-state index in [1.165, 1.54) is 0 Å².